The average Bonchev–Trinajstić information content (AvgIpc) is 2.75. The number of nitrogens with zero attached hydrogens (tertiary/aromatic N) is 3. The third-order valence-electron chi connectivity index (χ3n) is 3.25. The molecule has 7 nitrogen and oxygen atoms in total. The van der Waals surface area contributed by atoms with Gasteiger partial charge in [-0.1, -0.05) is 22.8 Å². The van der Waals surface area contributed by atoms with Gasteiger partial charge in [-0.3, -0.25) is 9.63 Å². The molecule has 1 aliphatic heterocycles. The third kappa shape index (κ3) is 4.27. The second-order valence-electron chi connectivity index (χ2n) is 5.67. The zero-order valence-electron chi connectivity index (χ0n) is 13.2. The van der Waals surface area contributed by atoms with Crippen molar-refractivity contribution in [2.75, 3.05) is 13.2 Å². The van der Waals surface area contributed by atoms with E-state index in [0.29, 0.717) is 22.9 Å². The van der Waals surface area contributed by atoms with Crippen LogP contribution in [-0.4, -0.2) is 30.3 Å². The molecule has 0 N–H and O–H groups in total. The first-order chi connectivity index (χ1) is 10.8. The number of azo groups is 1. The molecule has 1 heterocycles. The SMILES string of the molecule is CCOC(=O)/N=N/c1ccc(CN2OCC(C)(C)C2=O)c(Cl)c1. The third-order valence-corrected chi connectivity index (χ3v) is 3.60. The van der Waals surface area contributed by atoms with Gasteiger partial charge in [0.05, 0.1) is 30.9 Å². The Morgan fingerprint density at radius 1 is 1.48 bits per heavy atom. The lowest BCUT2D eigenvalue weighted by molar-refractivity contribution is -0.165. The van der Waals surface area contributed by atoms with Gasteiger partial charge in [-0.05, 0) is 38.5 Å². The van der Waals surface area contributed by atoms with Crippen molar-refractivity contribution >= 4 is 29.3 Å². The van der Waals surface area contributed by atoms with Crippen LogP contribution in [-0.2, 0) is 20.9 Å². The van der Waals surface area contributed by atoms with Crippen molar-refractivity contribution < 1.29 is 19.2 Å². The molecule has 0 atom stereocenters. The van der Waals surface area contributed by atoms with E-state index in [4.69, 9.17) is 16.4 Å². The van der Waals surface area contributed by atoms with Crippen molar-refractivity contribution in [3.8, 4) is 0 Å². The van der Waals surface area contributed by atoms with E-state index in [2.05, 4.69) is 15.0 Å². The summed E-state index contributed by atoms with van der Waals surface area (Å²) < 4.78 is 4.64. The molecule has 0 aromatic heterocycles. The molecule has 23 heavy (non-hydrogen) atoms. The van der Waals surface area contributed by atoms with Gasteiger partial charge in [-0.25, -0.2) is 9.86 Å². The van der Waals surface area contributed by atoms with Gasteiger partial charge in [0.25, 0.3) is 5.91 Å². The molecule has 0 unspecified atom stereocenters. The number of halogens is 1. The Balaban J connectivity index is 2.06. The van der Waals surface area contributed by atoms with Crippen molar-refractivity contribution in [1.82, 2.24) is 5.06 Å². The molecule has 2 amide bonds. The number of ether oxygens (including phenoxy) is 1. The largest absolute Gasteiger partial charge is 0.452 e. The van der Waals surface area contributed by atoms with Crippen LogP contribution >= 0.6 is 11.6 Å². The van der Waals surface area contributed by atoms with Gasteiger partial charge < -0.3 is 4.74 Å². The summed E-state index contributed by atoms with van der Waals surface area (Å²) in [5.41, 5.74) is 0.605. The number of amides is 2. The fourth-order valence-corrected chi connectivity index (χ4v) is 2.18. The highest BCUT2D eigenvalue weighted by molar-refractivity contribution is 6.31. The maximum absolute atomic E-state index is 12.1. The predicted octanol–water partition coefficient (Wildman–Crippen LogP) is 3.88. The van der Waals surface area contributed by atoms with Crippen molar-refractivity contribution in [2.24, 2.45) is 15.6 Å². The van der Waals surface area contributed by atoms with Gasteiger partial charge in [0, 0.05) is 5.02 Å². The van der Waals surface area contributed by atoms with Crippen molar-refractivity contribution in [3.63, 3.8) is 0 Å². The standard InChI is InChI=1S/C15H18ClN3O4/c1-4-22-14(21)18-17-11-6-5-10(12(16)7-11)8-19-13(20)15(2,3)9-23-19/h5-7H,4,8-9H2,1-3H3/b18-17+. The fraction of sp³-hybridized carbons (Fsp3) is 0.467. The van der Waals surface area contributed by atoms with E-state index in [9.17, 15) is 9.59 Å². The molecule has 0 saturated carbocycles. The van der Waals surface area contributed by atoms with Crippen molar-refractivity contribution in [3.05, 3.63) is 28.8 Å². The molecule has 1 saturated heterocycles. The number of carbonyl (C=O) groups excluding carboxylic acids is 2. The van der Waals surface area contributed by atoms with Crippen LogP contribution in [0, 0.1) is 5.41 Å². The Hall–Kier alpha value is -1.99. The van der Waals surface area contributed by atoms with Crippen LogP contribution in [0.1, 0.15) is 26.3 Å². The topological polar surface area (TPSA) is 80.6 Å². The van der Waals surface area contributed by atoms with Gasteiger partial charge in [0.2, 0.25) is 0 Å². The molecule has 0 bridgehead atoms. The first-order valence-electron chi connectivity index (χ1n) is 7.15. The first-order valence-corrected chi connectivity index (χ1v) is 7.53. The molecule has 0 spiro atoms. The minimum atomic E-state index is -0.758. The minimum Gasteiger partial charge on any atom is -0.447 e. The molecule has 1 fully saturated rings. The van der Waals surface area contributed by atoms with Crippen LogP contribution < -0.4 is 0 Å². The molecule has 2 rings (SSSR count). The summed E-state index contributed by atoms with van der Waals surface area (Å²) >= 11 is 6.19. The summed E-state index contributed by atoms with van der Waals surface area (Å²) in [5, 5.41) is 8.87. The van der Waals surface area contributed by atoms with E-state index in [1.165, 1.54) is 5.06 Å². The lowest BCUT2D eigenvalue weighted by Gasteiger charge is -2.17. The second kappa shape index (κ2) is 7.06. The number of carbonyl (C=O) groups is 2. The van der Waals surface area contributed by atoms with Crippen molar-refractivity contribution in [2.45, 2.75) is 27.3 Å². The second-order valence-corrected chi connectivity index (χ2v) is 6.08. The van der Waals surface area contributed by atoms with Crippen LogP contribution in [0.5, 0.6) is 0 Å². The number of hydrogen-bond acceptors (Lipinski definition) is 5. The van der Waals surface area contributed by atoms with Crippen molar-refractivity contribution in [1.29, 1.82) is 0 Å². The maximum Gasteiger partial charge on any atom is 0.452 e. The zero-order chi connectivity index (χ0) is 17.0. The van der Waals surface area contributed by atoms with Gasteiger partial charge >= 0.3 is 6.09 Å². The van der Waals surface area contributed by atoms with Gasteiger partial charge in [0.15, 0.2) is 0 Å². The highest BCUT2D eigenvalue weighted by atomic mass is 35.5. The minimum absolute atomic E-state index is 0.0837. The molecule has 1 aromatic carbocycles. The van der Waals surface area contributed by atoms with E-state index < -0.39 is 11.5 Å². The summed E-state index contributed by atoms with van der Waals surface area (Å²) in [6.07, 6.45) is -0.758. The molecule has 0 aliphatic carbocycles. The summed E-state index contributed by atoms with van der Waals surface area (Å²) in [5.74, 6) is -0.0837. The first kappa shape index (κ1) is 17.4. The molecule has 0 radical (unpaired) electrons. The summed E-state index contributed by atoms with van der Waals surface area (Å²) in [4.78, 5) is 28.6. The van der Waals surface area contributed by atoms with E-state index in [-0.39, 0.29) is 19.1 Å². The molecular formula is C15H18ClN3O4. The highest BCUT2D eigenvalue weighted by Gasteiger charge is 2.40. The van der Waals surface area contributed by atoms with E-state index >= 15 is 0 Å². The summed E-state index contributed by atoms with van der Waals surface area (Å²) in [7, 11) is 0. The smallest absolute Gasteiger partial charge is 0.447 e. The number of rotatable bonds is 4. The van der Waals surface area contributed by atoms with E-state index in [0.717, 1.165) is 0 Å². The molecule has 8 heteroatoms. The Morgan fingerprint density at radius 2 is 2.22 bits per heavy atom. The predicted molar refractivity (Wildman–Crippen MR) is 83.3 cm³/mol. The molecule has 1 aromatic rings. The van der Waals surface area contributed by atoms with Crippen LogP contribution in [0.2, 0.25) is 5.02 Å². The van der Waals surface area contributed by atoms with Crippen LogP contribution in [0.4, 0.5) is 10.5 Å². The van der Waals surface area contributed by atoms with Crippen LogP contribution in [0.15, 0.2) is 28.4 Å². The summed E-state index contributed by atoms with van der Waals surface area (Å²) in [6.45, 7) is 6.16. The van der Waals surface area contributed by atoms with Gasteiger partial charge in [0.1, 0.15) is 0 Å². The number of hydroxylamine groups is 2. The van der Waals surface area contributed by atoms with Crippen LogP contribution in [0.3, 0.4) is 0 Å². The summed E-state index contributed by atoms with van der Waals surface area (Å²) in [6, 6.07) is 4.92. The fourth-order valence-electron chi connectivity index (χ4n) is 1.95. The number of hydrogen-bond donors (Lipinski definition) is 0. The van der Waals surface area contributed by atoms with Gasteiger partial charge in [-0.2, -0.15) is 0 Å². The maximum atomic E-state index is 12.1. The molecule has 1 aliphatic rings. The highest BCUT2D eigenvalue weighted by Crippen LogP contribution is 2.30. The van der Waals surface area contributed by atoms with Gasteiger partial charge in [-0.15, -0.1) is 5.11 Å². The Morgan fingerprint density at radius 3 is 2.78 bits per heavy atom. The lowest BCUT2D eigenvalue weighted by atomic mass is 9.95. The van der Waals surface area contributed by atoms with E-state index in [1.807, 2.05) is 13.8 Å². The average molecular weight is 340 g/mol. The Bertz CT molecular complexity index is 646. The Labute approximate surface area is 139 Å². The Kier molecular flexibility index (Phi) is 5.33. The normalized spacial score (nSPS) is 17.0. The molecular weight excluding hydrogens is 322 g/mol. The number of benzene rings is 1. The zero-order valence-corrected chi connectivity index (χ0v) is 14.0. The molecule has 124 valence electrons. The van der Waals surface area contributed by atoms with E-state index in [1.54, 1.807) is 25.1 Å². The quantitative estimate of drug-likeness (QED) is 0.779. The monoisotopic (exact) mass is 339 g/mol. The van der Waals surface area contributed by atoms with Crippen LogP contribution in [0.25, 0.3) is 0 Å². The lowest BCUT2D eigenvalue weighted by Crippen LogP contribution is -2.30.